The Hall–Kier alpha value is 0.310. The number of nitrogens with zero attached hydrogens (tertiary/aromatic N) is 1. The Morgan fingerprint density at radius 1 is 1.15 bits per heavy atom. The molecule has 0 aromatic carbocycles. The summed E-state index contributed by atoms with van der Waals surface area (Å²) in [6, 6.07) is 0.715. The first kappa shape index (κ1) is 11.4. The molecule has 2 atom stereocenters. The molecule has 1 saturated heterocycles. The van der Waals surface area contributed by atoms with Crippen molar-refractivity contribution in [3.63, 3.8) is 0 Å². The van der Waals surface area contributed by atoms with Crippen LogP contribution in [0.3, 0.4) is 0 Å². The molecule has 0 radical (unpaired) electrons. The Morgan fingerprint density at radius 3 is 1.92 bits per heavy atom. The van der Waals surface area contributed by atoms with Gasteiger partial charge in [0.1, 0.15) is 0 Å². The van der Waals surface area contributed by atoms with E-state index in [1.165, 1.54) is 13.1 Å². The van der Waals surface area contributed by atoms with Crippen LogP contribution in [0.15, 0.2) is 0 Å². The van der Waals surface area contributed by atoms with Gasteiger partial charge in [0.2, 0.25) is 0 Å². The number of thioether (sulfide) groups is 1. The molecular formula is C11H23NS. The predicted octanol–water partition coefficient (Wildman–Crippen LogP) is 2.71. The molecule has 0 saturated carbocycles. The number of hydrogen-bond donors (Lipinski definition) is 0. The number of rotatable bonds is 2. The van der Waals surface area contributed by atoms with Crippen molar-refractivity contribution in [2.75, 3.05) is 19.3 Å². The first-order valence-electron chi connectivity index (χ1n) is 5.33. The summed E-state index contributed by atoms with van der Waals surface area (Å²) in [6.07, 6.45) is 2.25. The van der Waals surface area contributed by atoms with E-state index in [0.29, 0.717) is 6.04 Å². The Bertz CT molecular complexity index is 146. The van der Waals surface area contributed by atoms with Crippen LogP contribution in [0.1, 0.15) is 27.7 Å². The van der Waals surface area contributed by atoms with Gasteiger partial charge in [-0.25, -0.2) is 0 Å². The fraction of sp³-hybridized carbons (Fsp3) is 1.00. The minimum Gasteiger partial charge on any atom is -0.300 e. The molecule has 1 aliphatic rings. The fourth-order valence-electron chi connectivity index (χ4n) is 2.47. The second-order valence-electron chi connectivity index (χ2n) is 4.70. The van der Waals surface area contributed by atoms with Gasteiger partial charge in [-0.3, -0.25) is 0 Å². The van der Waals surface area contributed by atoms with Crippen molar-refractivity contribution in [3.8, 4) is 0 Å². The molecule has 0 aliphatic carbocycles. The maximum atomic E-state index is 2.61. The lowest BCUT2D eigenvalue weighted by Gasteiger charge is -2.42. The summed E-state index contributed by atoms with van der Waals surface area (Å²) in [5.74, 6) is 1.70. The summed E-state index contributed by atoms with van der Waals surface area (Å²) >= 11 is 2.05. The smallest absolute Gasteiger partial charge is 0.0120 e. The molecule has 1 nitrogen and oxygen atoms in total. The lowest BCUT2D eigenvalue weighted by Crippen LogP contribution is -2.48. The van der Waals surface area contributed by atoms with Crippen LogP contribution >= 0.6 is 11.8 Å². The normalized spacial score (nSPS) is 32.8. The summed E-state index contributed by atoms with van der Waals surface area (Å²) in [5, 5.41) is 0.870. The molecule has 2 heteroatoms. The maximum absolute atomic E-state index is 2.61. The second kappa shape index (κ2) is 4.70. The van der Waals surface area contributed by atoms with E-state index in [-0.39, 0.29) is 0 Å². The minimum atomic E-state index is 0.715. The highest BCUT2D eigenvalue weighted by atomic mass is 32.2. The van der Waals surface area contributed by atoms with Gasteiger partial charge in [-0.2, -0.15) is 11.8 Å². The lowest BCUT2D eigenvalue weighted by atomic mass is 9.90. The third kappa shape index (κ3) is 2.63. The fourth-order valence-corrected chi connectivity index (χ4v) is 3.57. The van der Waals surface area contributed by atoms with Crippen LogP contribution in [-0.4, -0.2) is 35.5 Å². The largest absolute Gasteiger partial charge is 0.300 e. The SMILES string of the molecule is CSC1[C@@H](C)CN(C(C)C)C[C@@H]1C. The first-order chi connectivity index (χ1) is 6.06. The topological polar surface area (TPSA) is 3.24 Å². The average Bonchev–Trinajstić information content (AvgIpc) is 2.03. The van der Waals surface area contributed by atoms with E-state index in [0.717, 1.165) is 17.1 Å². The van der Waals surface area contributed by atoms with Gasteiger partial charge in [0, 0.05) is 24.4 Å². The zero-order valence-electron chi connectivity index (χ0n) is 9.58. The molecule has 0 amide bonds. The quantitative estimate of drug-likeness (QED) is 0.676. The molecule has 0 N–H and O–H groups in total. The molecular weight excluding hydrogens is 178 g/mol. The van der Waals surface area contributed by atoms with Gasteiger partial charge in [0.05, 0.1) is 0 Å². The van der Waals surface area contributed by atoms with E-state index in [9.17, 15) is 0 Å². The molecule has 1 heterocycles. The molecule has 1 aliphatic heterocycles. The highest BCUT2D eigenvalue weighted by molar-refractivity contribution is 7.99. The summed E-state index contributed by atoms with van der Waals surface area (Å²) in [7, 11) is 0. The van der Waals surface area contributed by atoms with Crippen LogP contribution in [-0.2, 0) is 0 Å². The Kier molecular flexibility index (Phi) is 4.11. The molecule has 0 bridgehead atoms. The van der Waals surface area contributed by atoms with Crippen LogP contribution < -0.4 is 0 Å². The number of likely N-dealkylation sites (tertiary alicyclic amines) is 1. The van der Waals surface area contributed by atoms with E-state index < -0.39 is 0 Å². The van der Waals surface area contributed by atoms with E-state index in [2.05, 4.69) is 38.9 Å². The Balaban J connectivity index is 2.56. The maximum Gasteiger partial charge on any atom is 0.0120 e. The average molecular weight is 201 g/mol. The zero-order valence-corrected chi connectivity index (χ0v) is 10.4. The van der Waals surface area contributed by atoms with Crippen molar-refractivity contribution in [3.05, 3.63) is 0 Å². The summed E-state index contributed by atoms with van der Waals surface area (Å²) in [6.45, 7) is 12.0. The van der Waals surface area contributed by atoms with Gasteiger partial charge >= 0.3 is 0 Å². The number of hydrogen-bond acceptors (Lipinski definition) is 2. The van der Waals surface area contributed by atoms with Crippen LogP contribution in [0.25, 0.3) is 0 Å². The van der Waals surface area contributed by atoms with Crippen LogP contribution in [0.2, 0.25) is 0 Å². The van der Waals surface area contributed by atoms with Gasteiger partial charge < -0.3 is 4.90 Å². The Labute approximate surface area is 87.3 Å². The summed E-state index contributed by atoms with van der Waals surface area (Å²) < 4.78 is 0. The first-order valence-corrected chi connectivity index (χ1v) is 6.62. The lowest BCUT2D eigenvalue weighted by molar-refractivity contribution is 0.116. The monoisotopic (exact) mass is 201 g/mol. The molecule has 0 aromatic heterocycles. The minimum absolute atomic E-state index is 0.715. The van der Waals surface area contributed by atoms with Crippen molar-refractivity contribution < 1.29 is 0 Å². The van der Waals surface area contributed by atoms with Crippen molar-refractivity contribution in [1.82, 2.24) is 4.90 Å². The van der Waals surface area contributed by atoms with Gasteiger partial charge in [-0.1, -0.05) is 13.8 Å². The van der Waals surface area contributed by atoms with Gasteiger partial charge in [0.15, 0.2) is 0 Å². The third-order valence-corrected chi connectivity index (χ3v) is 4.64. The van der Waals surface area contributed by atoms with Crippen LogP contribution in [0.4, 0.5) is 0 Å². The predicted molar refractivity (Wildman–Crippen MR) is 62.3 cm³/mol. The zero-order chi connectivity index (χ0) is 10.0. The van der Waals surface area contributed by atoms with Gasteiger partial charge in [0.25, 0.3) is 0 Å². The van der Waals surface area contributed by atoms with E-state index in [4.69, 9.17) is 0 Å². The molecule has 1 fully saturated rings. The molecule has 0 spiro atoms. The van der Waals surface area contributed by atoms with E-state index in [1.54, 1.807) is 0 Å². The van der Waals surface area contributed by atoms with Crippen molar-refractivity contribution >= 4 is 11.8 Å². The van der Waals surface area contributed by atoms with Crippen molar-refractivity contribution in [2.24, 2.45) is 11.8 Å². The summed E-state index contributed by atoms with van der Waals surface area (Å²) in [5.41, 5.74) is 0. The molecule has 0 aromatic rings. The highest BCUT2D eigenvalue weighted by Crippen LogP contribution is 2.31. The van der Waals surface area contributed by atoms with E-state index in [1.807, 2.05) is 11.8 Å². The number of piperidine rings is 1. The molecule has 78 valence electrons. The molecule has 13 heavy (non-hydrogen) atoms. The molecule has 1 rings (SSSR count). The highest BCUT2D eigenvalue weighted by Gasteiger charge is 2.31. The van der Waals surface area contributed by atoms with E-state index >= 15 is 0 Å². The standard InChI is InChI=1S/C11H23NS/c1-8(2)12-6-9(3)11(13-5)10(4)7-12/h8-11H,6-7H2,1-5H3/t9-,10-/m0/s1. The third-order valence-electron chi connectivity index (χ3n) is 3.17. The van der Waals surface area contributed by atoms with Crippen molar-refractivity contribution in [2.45, 2.75) is 39.0 Å². The van der Waals surface area contributed by atoms with Crippen molar-refractivity contribution in [1.29, 1.82) is 0 Å². The van der Waals surface area contributed by atoms with Gasteiger partial charge in [-0.05, 0) is 31.9 Å². The van der Waals surface area contributed by atoms with Gasteiger partial charge in [-0.15, -0.1) is 0 Å². The van der Waals surface area contributed by atoms with Crippen LogP contribution in [0, 0.1) is 11.8 Å². The Morgan fingerprint density at radius 2 is 1.62 bits per heavy atom. The van der Waals surface area contributed by atoms with Crippen LogP contribution in [0.5, 0.6) is 0 Å². The summed E-state index contributed by atoms with van der Waals surface area (Å²) in [4.78, 5) is 2.61. The molecule has 0 unspecified atom stereocenters. The second-order valence-corrected chi connectivity index (χ2v) is 5.72.